The van der Waals surface area contributed by atoms with Gasteiger partial charge >= 0.3 is 5.97 Å². The fourth-order valence-corrected chi connectivity index (χ4v) is 5.27. The topological polar surface area (TPSA) is 48.6 Å². The second-order valence-electron chi connectivity index (χ2n) is 10.2. The molecule has 6 heteroatoms. The van der Waals surface area contributed by atoms with Crippen LogP contribution >= 0.6 is 11.3 Å². The molecular weight excluding hydrogens is 458 g/mol. The molecule has 0 aliphatic carbocycles. The van der Waals surface area contributed by atoms with Crippen LogP contribution in [0.15, 0.2) is 17.1 Å². The molecular formula is C29H52NO4S+. The van der Waals surface area contributed by atoms with Crippen molar-refractivity contribution in [2.45, 2.75) is 148 Å². The highest BCUT2D eigenvalue weighted by molar-refractivity contribution is 7.07. The molecule has 5 nitrogen and oxygen atoms in total. The van der Waals surface area contributed by atoms with Crippen molar-refractivity contribution in [2.24, 2.45) is 0 Å². The van der Waals surface area contributed by atoms with Crippen LogP contribution in [0.25, 0.3) is 0 Å². The number of esters is 1. The predicted molar refractivity (Wildman–Crippen MR) is 143 cm³/mol. The van der Waals surface area contributed by atoms with Gasteiger partial charge in [-0.3, -0.25) is 4.79 Å². The lowest BCUT2D eigenvalue weighted by atomic mass is 10.0. The summed E-state index contributed by atoms with van der Waals surface area (Å²) in [6, 6.07) is 0. The summed E-state index contributed by atoms with van der Waals surface area (Å²) in [4.78, 5) is 11.9. The van der Waals surface area contributed by atoms with Gasteiger partial charge in [0.2, 0.25) is 5.51 Å². The fourth-order valence-electron chi connectivity index (χ4n) is 4.64. The molecule has 0 unspecified atom stereocenters. The van der Waals surface area contributed by atoms with Crippen LogP contribution < -0.4 is 4.57 Å². The first kappa shape index (κ1) is 30.2. The zero-order valence-corrected chi connectivity index (χ0v) is 23.2. The molecule has 2 atom stereocenters. The highest BCUT2D eigenvalue weighted by atomic mass is 32.1. The lowest BCUT2D eigenvalue weighted by Gasteiger charge is -2.12. The van der Waals surface area contributed by atoms with Crippen molar-refractivity contribution in [3.05, 3.63) is 17.1 Å². The van der Waals surface area contributed by atoms with E-state index >= 15 is 0 Å². The fraction of sp³-hybridized carbons (Fsp3) is 0.862. The average molecular weight is 511 g/mol. The first-order chi connectivity index (χ1) is 17.3. The van der Waals surface area contributed by atoms with Gasteiger partial charge in [-0.15, -0.1) is 0 Å². The summed E-state index contributed by atoms with van der Waals surface area (Å²) < 4.78 is 19.2. The number of hydrogen-bond acceptors (Lipinski definition) is 5. The van der Waals surface area contributed by atoms with Crippen molar-refractivity contribution in [1.82, 2.24) is 0 Å². The Balaban J connectivity index is 1.30. The van der Waals surface area contributed by atoms with E-state index < -0.39 is 0 Å². The van der Waals surface area contributed by atoms with Gasteiger partial charge in [0.15, 0.2) is 12.5 Å². The summed E-state index contributed by atoms with van der Waals surface area (Å²) in [5.41, 5.74) is 2.09. The number of unbranched alkanes of at least 4 members (excludes halogenated alkanes) is 15. The minimum atomic E-state index is -0.130. The van der Waals surface area contributed by atoms with Crippen molar-refractivity contribution >= 4 is 17.3 Å². The molecule has 2 heterocycles. The van der Waals surface area contributed by atoms with E-state index in [9.17, 15) is 4.79 Å². The summed E-state index contributed by atoms with van der Waals surface area (Å²) in [5.74, 6) is -0.130. The van der Waals surface area contributed by atoms with E-state index in [1.165, 1.54) is 89.9 Å². The summed E-state index contributed by atoms with van der Waals surface area (Å²) in [5, 5.41) is 2.06. The summed E-state index contributed by atoms with van der Waals surface area (Å²) in [7, 11) is 0. The Kier molecular flexibility index (Phi) is 18.3. The molecule has 0 radical (unpaired) electrons. The van der Waals surface area contributed by atoms with Crippen LogP contribution in [0.5, 0.6) is 0 Å². The van der Waals surface area contributed by atoms with Crippen molar-refractivity contribution in [2.75, 3.05) is 13.2 Å². The van der Waals surface area contributed by atoms with Gasteiger partial charge in [-0.1, -0.05) is 108 Å². The van der Waals surface area contributed by atoms with E-state index in [-0.39, 0.29) is 18.4 Å². The van der Waals surface area contributed by atoms with E-state index in [1.807, 2.05) is 0 Å². The largest absolute Gasteiger partial charge is 0.463 e. The van der Waals surface area contributed by atoms with Gasteiger partial charge in [-0.2, -0.15) is 4.57 Å². The lowest BCUT2D eigenvalue weighted by molar-refractivity contribution is -0.692. The van der Waals surface area contributed by atoms with Gasteiger partial charge in [0, 0.05) is 12.8 Å². The predicted octanol–water partition coefficient (Wildman–Crippen LogP) is 7.75. The normalized spacial score (nSPS) is 17.7. The SMILES string of the molecule is CCCCCCCCCCCCCCCCC[C@@H]1OC[C@@H](COC(=O)CCCC[n+]2ccsc2)O1. The van der Waals surface area contributed by atoms with E-state index in [4.69, 9.17) is 14.2 Å². The van der Waals surface area contributed by atoms with Gasteiger partial charge < -0.3 is 14.2 Å². The van der Waals surface area contributed by atoms with Gasteiger partial charge in [-0.05, 0) is 19.3 Å². The number of aryl methyl sites for hydroxylation is 1. The molecule has 2 rings (SSSR count). The van der Waals surface area contributed by atoms with E-state index in [2.05, 4.69) is 28.6 Å². The van der Waals surface area contributed by atoms with Crippen LogP contribution in [-0.4, -0.2) is 31.6 Å². The molecule has 1 aliphatic rings. The highest BCUT2D eigenvalue weighted by Gasteiger charge is 2.26. The zero-order valence-electron chi connectivity index (χ0n) is 22.4. The maximum Gasteiger partial charge on any atom is 0.305 e. The van der Waals surface area contributed by atoms with Crippen LogP contribution in [0.2, 0.25) is 0 Å². The Labute approximate surface area is 218 Å². The summed E-state index contributed by atoms with van der Waals surface area (Å²) in [6.45, 7) is 4.09. The van der Waals surface area contributed by atoms with Gasteiger partial charge in [0.25, 0.3) is 0 Å². The van der Waals surface area contributed by atoms with Crippen LogP contribution in [0.1, 0.15) is 129 Å². The molecule has 0 amide bonds. The minimum Gasteiger partial charge on any atom is -0.463 e. The number of ether oxygens (including phenoxy) is 3. The molecule has 0 spiro atoms. The molecule has 1 aromatic heterocycles. The lowest BCUT2D eigenvalue weighted by Crippen LogP contribution is -2.29. The average Bonchev–Trinajstić information content (AvgIpc) is 3.55. The summed E-state index contributed by atoms with van der Waals surface area (Å²) >= 11 is 1.69. The van der Waals surface area contributed by atoms with Crippen LogP contribution in [-0.2, 0) is 25.5 Å². The number of nitrogens with zero attached hydrogens (tertiary/aromatic N) is 1. The number of carbonyl (C=O) groups excluding carboxylic acids is 1. The Morgan fingerprint density at radius 2 is 1.51 bits per heavy atom. The highest BCUT2D eigenvalue weighted by Crippen LogP contribution is 2.19. The number of thiazole rings is 1. The van der Waals surface area contributed by atoms with Crippen molar-refractivity contribution < 1.29 is 23.6 Å². The molecule has 1 saturated heterocycles. The van der Waals surface area contributed by atoms with Gasteiger partial charge in [0.1, 0.15) is 19.3 Å². The molecule has 202 valence electrons. The van der Waals surface area contributed by atoms with E-state index in [1.54, 1.807) is 11.3 Å². The van der Waals surface area contributed by atoms with Crippen LogP contribution in [0, 0.1) is 0 Å². The second-order valence-corrected chi connectivity index (χ2v) is 10.9. The third-order valence-electron chi connectivity index (χ3n) is 6.86. The number of rotatable bonds is 23. The van der Waals surface area contributed by atoms with Crippen molar-refractivity contribution in [3.8, 4) is 0 Å². The molecule has 1 aromatic rings. The van der Waals surface area contributed by atoms with Crippen LogP contribution in [0.4, 0.5) is 0 Å². The first-order valence-electron chi connectivity index (χ1n) is 14.6. The Morgan fingerprint density at radius 3 is 2.11 bits per heavy atom. The smallest absolute Gasteiger partial charge is 0.305 e. The maximum atomic E-state index is 11.9. The number of hydrogen-bond donors (Lipinski definition) is 0. The molecule has 1 fully saturated rings. The monoisotopic (exact) mass is 510 g/mol. The standard InChI is InChI=1S/C29H52NO4S/c1-2-3-4-5-6-7-8-9-10-11-12-13-14-15-16-20-29-33-25-27(34-29)24-32-28(31)19-17-18-21-30-22-23-35-26-30/h22-23,26-27,29H,2-21,24-25H2,1H3/q+1/t27-,29-/m1/s1. The van der Waals surface area contributed by atoms with Crippen molar-refractivity contribution in [1.29, 1.82) is 0 Å². The quantitative estimate of drug-likeness (QED) is 0.0858. The van der Waals surface area contributed by atoms with E-state index in [0.29, 0.717) is 19.6 Å². The van der Waals surface area contributed by atoms with Crippen molar-refractivity contribution in [3.63, 3.8) is 0 Å². The Morgan fingerprint density at radius 1 is 0.886 bits per heavy atom. The Hall–Kier alpha value is -0.980. The maximum absolute atomic E-state index is 11.9. The second kappa shape index (κ2) is 21.1. The third kappa shape index (κ3) is 16.4. The van der Waals surface area contributed by atoms with Crippen LogP contribution in [0.3, 0.4) is 0 Å². The summed E-state index contributed by atoms with van der Waals surface area (Å²) in [6.07, 6.45) is 25.7. The molecule has 35 heavy (non-hydrogen) atoms. The molecule has 0 saturated carbocycles. The zero-order chi connectivity index (χ0) is 24.8. The minimum absolute atomic E-state index is 0.110. The van der Waals surface area contributed by atoms with Gasteiger partial charge in [0.05, 0.1) is 12.0 Å². The van der Waals surface area contributed by atoms with Gasteiger partial charge in [-0.25, -0.2) is 0 Å². The molecule has 1 aliphatic heterocycles. The first-order valence-corrected chi connectivity index (χ1v) is 15.6. The Bertz CT molecular complexity index is 610. The molecule has 0 bridgehead atoms. The third-order valence-corrected chi connectivity index (χ3v) is 7.53. The number of aromatic nitrogens is 1. The molecule has 0 N–H and O–H groups in total. The van der Waals surface area contributed by atoms with E-state index in [0.717, 1.165) is 32.2 Å². The molecule has 0 aromatic carbocycles. The number of carbonyl (C=O) groups is 1.